The lowest BCUT2D eigenvalue weighted by molar-refractivity contribution is -0.146. The van der Waals surface area contributed by atoms with Crippen molar-refractivity contribution >= 4 is 33.7 Å². The zero-order valence-corrected chi connectivity index (χ0v) is 20.9. The van der Waals surface area contributed by atoms with Crippen LogP contribution >= 0.6 is 0 Å². The molecule has 0 atom stereocenters. The number of amides is 1. The van der Waals surface area contributed by atoms with Gasteiger partial charge in [0.1, 0.15) is 0 Å². The van der Waals surface area contributed by atoms with E-state index in [1.807, 2.05) is 36.4 Å². The average molecular weight is 524 g/mol. The first-order valence-electron chi connectivity index (χ1n) is 12.6. The number of methoxy groups -OCH3 is 1. The summed E-state index contributed by atoms with van der Waals surface area (Å²) >= 11 is 0. The van der Waals surface area contributed by atoms with E-state index in [4.69, 9.17) is 4.74 Å². The standard InChI is InChI=1S/C29H28F3N3O3/c1-38-28(37)21-8-6-18(7-9-21)16-33-27(36)25-23(29(30,31)32)13-11-20-14-15-35(26(20)25)17-22-12-10-19-4-2-3-5-24(19)34-22/h2-5,10-15,18,21H,6-9,16-17H2,1H3,(H,33,36). The summed E-state index contributed by atoms with van der Waals surface area (Å²) in [5.74, 6) is -1.08. The SMILES string of the molecule is COC(=O)C1CCC(CNC(=O)c2c(C(F)(F)F)ccc3ccn(Cc4ccc5ccccc5n4)c23)CC1. The predicted octanol–water partition coefficient (Wildman–Crippen LogP) is 5.97. The number of benzene rings is 2. The Bertz CT molecular complexity index is 1490. The number of fused-ring (bicyclic) bond motifs is 2. The summed E-state index contributed by atoms with van der Waals surface area (Å²) in [7, 11) is 1.36. The van der Waals surface area contributed by atoms with Gasteiger partial charge >= 0.3 is 12.1 Å². The van der Waals surface area contributed by atoms with Gasteiger partial charge in [0.25, 0.3) is 5.91 Å². The molecule has 0 spiro atoms. The Morgan fingerprint density at radius 3 is 2.47 bits per heavy atom. The fourth-order valence-corrected chi connectivity index (χ4v) is 5.36. The predicted molar refractivity (Wildman–Crippen MR) is 138 cm³/mol. The maximum Gasteiger partial charge on any atom is 0.417 e. The van der Waals surface area contributed by atoms with Gasteiger partial charge < -0.3 is 14.6 Å². The molecule has 1 saturated carbocycles. The third kappa shape index (κ3) is 5.23. The quantitative estimate of drug-likeness (QED) is 0.316. The molecule has 1 fully saturated rings. The molecule has 2 aromatic carbocycles. The third-order valence-corrected chi connectivity index (χ3v) is 7.38. The van der Waals surface area contributed by atoms with Crippen LogP contribution in [0.5, 0.6) is 0 Å². The highest BCUT2D eigenvalue weighted by Gasteiger charge is 2.37. The van der Waals surface area contributed by atoms with Crippen LogP contribution in [0.1, 0.15) is 47.3 Å². The van der Waals surface area contributed by atoms with Gasteiger partial charge in [-0.15, -0.1) is 0 Å². The summed E-state index contributed by atoms with van der Waals surface area (Å²) < 4.78 is 48.7. The maximum atomic E-state index is 14.1. The minimum atomic E-state index is -4.70. The molecule has 1 aliphatic carbocycles. The molecule has 1 amide bonds. The topological polar surface area (TPSA) is 73.2 Å². The smallest absolute Gasteiger partial charge is 0.417 e. The van der Waals surface area contributed by atoms with Crippen LogP contribution in [0.3, 0.4) is 0 Å². The summed E-state index contributed by atoms with van der Waals surface area (Å²) in [5, 5.41) is 4.26. The van der Waals surface area contributed by atoms with Crippen LogP contribution in [0.4, 0.5) is 13.2 Å². The number of nitrogens with one attached hydrogen (secondary N) is 1. The van der Waals surface area contributed by atoms with Crippen molar-refractivity contribution in [1.82, 2.24) is 14.9 Å². The zero-order valence-electron chi connectivity index (χ0n) is 20.9. The number of hydrogen-bond donors (Lipinski definition) is 1. The van der Waals surface area contributed by atoms with Crippen molar-refractivity contribution in [2.45, 2.75) is 38.4 Å². The van der Waals surface area contributed by atoms with Crippen molar-refractivity contribution in [2.24, 2.45) is 11.8 Å². The van der Waals surface area contributed by atoms with E-state index >= 15 is 0 Å². The number of rotatable bonds is 6. The second kappa shape index (κ2) is 10.5. The number of alkyl halides is 3. The van der Waals surface area contributed by atoms with Gasteiger partial charge in [-0.05, 0) is 55.9 Å². The molecule has 6 nitrogen and oxygen atoms in total. The van der Waals surface area contributed by atoms with E-state index in [9.17, 15) is 22.8 Å². The van der Waals surface area contributed by atoms with Crippen LogP contribution in [0.15, 0.2) is 60.8 Å². The number of carbonyl (C=O) groups excluding carboxylic acids is 2. The number of halogens is 3. The summed E-state index contributed by atoms with van der Waals surface area (Å²) in [5.41, 5.74) is 0.332. The molecule has 2 aromatic heterocycles. The Hall–Kier alpha value is -3.88. The second-order valence-electron chi connectivity index (χ2n) is 9.81. The molecular weight excluding hydrogens is 495 g/mol. The monoisotopic (exact) mass is 523 g/mol. The van der Waals surface area contributed by atoms with E-state index < -0.39 is 17.6 Å². The normalized spacial score (nSPS) is 18.0. The summed E-state index contributed by atoms with van der Waals surface area (Å²) in [6.45, 7) is 0.459. The van der Waals surface area contributed by atoms with Gasteiger partial charge in [-0.2, -0.15) is 13.2 Å². The van der Waals surface area contributed by atoms with E-state index in [2.05, 4.69) is 10.3 Å². The largest absolute Gasteiger partial charge is 0.469 e. The fraction of sp³-hybridized carbons (Fsp3) is 0.345. The maximum absolute atomic E-state index is 14.1. The number of hydrogen-bond acceptors (Lipinski definition) is 4. The van der Waals surface area contributed by atoms with Gasteiger partial charge in [-0.25, -0.2) is 0 Å². The van der Waals surface area contributed by atoms with Crippen LogP contribution in [-0.2, 0) is 22.3 Å². The minimum absolute atomic E-state index is 0.0852. The molecule has 0 aliphatic heterocycles. The summed E-state index contributed by atoms with van der Waals surface area (Å²) in [6.07, 6.45) is -0.348. The van der Waals surface area contributed by atoms with Crippen molar-refractivity contribution in [2.75, 3.05) is 13.7 Å². The first-order valence-corrected chi connectivity index (χ1v) is 12.6. The van der Waals surface area contributed by atoms with Crippen LogP contribution in [0.2, 0.25) is 0 Å². The van der Waals surface area contributed by atoms with Gasteiger partial charge in [-0.1, -0.05) is 30.3 Å². The minimum Gasteiger partial charge on any atom is -0.469 e. The molecule has 2 heterocycles. The van der Waals surface area contributed by atoms with Gasteiger partial charge in [0.05, 0.1) is 47.4 Å². The fourth-order valence-electron chi connectivity index (χ4n) is 5.36. The first-order chi connectivity index (χ1) is 18.2. The van der Waals surface area contributed by atoms with E-state index in [1.54, 1.807) is 16.8 Å². The lowest BCUT2D eigenvalue weighted by Crippen LogP contribution is -2.34. The highest BCUT2D eigenvalue weighted by molar-refractivity contribution is 6.07. The number of carbonyl (C=O) groups is 2. The van der Waals surface area contributed by atoms with Gasteiger partial charge in [0, 0.05) is 23.5 Å². The van der Waals surface area contributed by atoms with Crippen molar-refractivity contribution in [3.63, 3.8) is 0 Å². The van der Waals surface area contributed by atoms with E-state index in [0.29, 0.717) is 36.8 Å². The first kappa shape index (κ1) is 25.8. The van der Waals surface area contributed by atoms with E-state index in [1.165, 1.54) is 13.2 Å². The summed E-state index contributed by atoms with van der Waals surface area (Å²) in [4.78, 5) is 29.8. The number of aromatic nitrogens is 2. The molecule has 5 rings (SSSR count). The number of esters is 1. The molecule has 9 heteroatoms. The highest BCUT2D eigenvalue weighted by atomic mass is 19.4. The number of ether oxygens (including phenoxy) is 1. The van der Waals surface area contributed by atoms with Crippen LogP contribution in [0, 0.1) is 11.8 Å². The second-order valence-corrected chi connectivity index (χ2v) is 9.81. The molecule has 0 saturated heterocycles. The third-order valence-electron chi connectivity index (χ3n) is 7.38. The average Bonchev–Trinajstić information content (AvgIpc) is 3.33. The Kier molecular flexibility index (Phi) is 7.10. The highest BCUT2D eigenvalue weighted by Crippen LogP contribution is 2.36. The molecule has 198 valence electrons. The molecule has 0 bridgehead atoms. The van der Waals surface area contributed by atoms with E-state index in [0.717, 1.165) is 17.0 Å². The molecule has 38 heavy (non-hydrogen) atoms. The van der Waals surface area contributed by atoms with Crippen LogP contribution in [0.25, 0.3) is 21.8 Å². The lowest BCUT2D eigenvalue weighted by Gasteiger charge is -2.27. The molecule has 1 aliphatic rings. The van der Waals surface area contributed by atoms with Crippen molar-refractivity contribution in [1.29, 1.82) is 0 Å². The molecule has 0 radical (unpaired) electrons. The van der Waals surface area contributed by atoms with Gasteiger partial charge in [0.2, 0.25) is 0 Å². The molecular formula is C29H28F3N3O3. The lowest BCUT2D eigenvalue weighted by atomic mass is 9.82. The number of pyridine rings is 1. The van der Waals surface area contributed by atoms with E-state index in [-0.39, 0.29) is 42.0 Å². The van der Waals surface area contributed by atoms with Crippen molar-refractivity contribution in [3.05, 3.63) is 77.6 Å². The Morgan fingerprint density at radius 2 is 1.74 bits per heavy atom. The van der Waals surface area contributed by atoms with Crippen LogP contribution in [-0.4, -0.2) is 35.1 Å². The van der Waals surface area contributed by atoms with Gasteiger partial charge in [-0.3, -0.25) is 14.6 Å². The van der Waals surface area contributed by atoms with Crippen LogP contribution < -0.4 is 5.32 Å². The molecule has 0 unspecified atom stereocenters. The Morgan fingerprint density at radius 1 is 1.00 bits per heavy atom. The van der Waals surface area contributed by atoms with Gasteiger partial charge in [0.15, 0.2) is 0 Å². The number of para-hydroxylation sites is 1. The molecule has 4 aromatic rings. The van der Waals surface area contributed by atoms with Crippen molar-refractivity contribution in [3.8, 4) is 0 Å². The summed E-state index contributed by atoms with van der Waals surface area (Å²) in [6, 6.07) is 15.5. The molecule has 1 N–H and O–H groups in total. The van der Waals surface area contributed by atoms with Crippen molar-refractivity contribution < 1.29 is 27.5 Å². The Labute approximate surface area is 217 Å². The number of nitrogens with zero attached hydrogens (tertiary/aromatic N) is 2. The Balaban J connectivity index is 1.42. The zero-order chi connectivity index (χ0) is 26.9.